The molecule has 0 atom stereocenters. The Morgan fingerprint density at radius 1 is 0.743 bits per heavy atom. The molecular weight excluding hydrogens is 458 g/mol. The smallest absolute Gasteiger partial charge is 0.293 e. The van der Waals surface area contributed by atoms with Crippen LogP contribution in [-0.4, -0.2) is 16.9 Å². The number of amides is 2. The largest absolute Gasteiger partial charge is 0.451 e. The summed E-state index contributed by atoms with van der Waals surface area (Å²) in [5.74, 6) is 0.148. The van der Waals surface area contributed by atoms with Crippen LogP contribution in [0.15, 0.2) is 83.3 Å². The molecule has 1 aromatic heterocycles. The van der Waals surface area contributed by atoms with Crippen LogP contribution in [0, 0.1) is 20.8 Å². The Morgan fingerprint density at radius 3 is 2.23 bits per heavy atom. The highest BCUT2D eigenvalue weighted by Crippen LogP contribution is 2.25. The molecule has 0 radical (unpaired) electrons. The average Bonchev–Trinajstić information content (AvgIpc) is 3.33. The Kier molecular flexibility index (Phi) is 7.08. The van der Waals surface area contributed by atoms with Gasteiger partial charge in [-0.05, 0) is 98.2 Å². The number of nitrogens with one attached hydrogen (secondary N) is 3. The number of carbonyl (C=O) groups excluding carboxylic acids is 2. The Morgan fingerprint density at radius 2 is 1.51 bits per heavy atom. The normalized spacial score (nSPS) is 10.5. The van der Waals surface area contributed by atoms with Gasteiger partial charge in [0, 0.05) is 22.5 Å². The molecule has 176 valence electrons. The first-order valence-corrected chi connectivity index (χ1v) is 11.5. The lowest BCUT2D eigenvalue weighted by atomic mass is 10.1. The second kappa shape index (κ2) is 10.4. The van der Waals surface area contributed by atoms with Crippen molar-refractivity contribution in [1.29, 1.82) is 0 Å². The molecule has 0 saturated heterocycles. The van der Waals surface area contributed by atoms with Crippen molar-refractivity contribution in [2.45, 2.75) is 20.8 Å². The van der Waals surface area contributed by atoms with Gasteiger partial charge in [-0.15, -0.1) is 0 Å². The predicted molar refractivity (Wildman–Crippen MR) is 143 cm³/mol. The number of hydrogen-bond acceptors (Lipinski definition) is 4. The van der Waals surface area contributed by atoms with E-state index in [1.54, 1.807) is 36.4 Å². The number of benzene rings is 3. The number of hydrogen-bond donors (Lipinski definition) is 3. The summed E-state index contributed by atoms with van der Waals surface area (Å²) < 4.78 is 5.75. The highest BCUT2D eigenvalue weighted by Gasteiger charge is 2.15. The highest BCUT2D eigenvalue weighted by atomic mass is 32.1. The molecule has 0 fully saturated rings. The molecule has 0 bridgehead atoms. The lowest BCUT2D eigenvalue weighted by Crippen LogP contribution is -2.33. The molecule has 4 aromatic rings. The maximum Gasteiger partial charge on any atom is 0.293 e. The second-order valence-corrected chi connectivity index (χ2v) is 8.63. The van der Waals surface area contributed by atoms with Crippen LogP contribution < -0.4 is 16.0 Å². The first-order chi connectivity index (χ1) is 16.8. The molecule has 3 aromatic carbocycles. The molecule has 6 nitrogen and oxygen atoms in total. The third kappa shape index (κ3) is 5.83. The summed E-state index contributed by atoms with van der Waals surface area (Å²) in [6.07, 6.45) is 0. The maximum absolute atomic E-state index is 12.6. The van der Waals surface area contributed by atoms with Crippen LogP contribution in [0.4, 0.5) is 11.4 Å². The molecule has 0 saturated carbocycles. The molecule has 0 aliphatic rings. The number of anilines is 2. The molecule has 7 heteroatoms. The number of carbonyl (C=O) groups is 2. The van der Waals surface area contributed by atoms with Gasteiger partial charge in [-0.25, -0.2) is 0 Å². The molecule has 1 heterocycles. The van der Waals surface area contributed by atoms with Gasteiger partial charge < -0.3 is 15.1 Å². The average molecular weight is 484 g/mol. The van der Waals surface area contributed by atoms with Gasteiger partial charge >= 0.3 is 0 Å². The summed E-state index contributed by atoms with van der Waals surface area (Å²) in [5.41, 5.74) is 6.04. The monoisotopic (exact) mass is 483 g/mol. The molecule has 0 unspecified atom stereocenters. The van der Waals surface area contributed by atoms with E-state index in [1.165, 1.54) is 5.56 Å². The summed E-state index contributed by atoms with van der Waals surface area (Å²) in [7, 11) is 0. The summed E-state index contributed by atoms with van der Waals surface area (Å²) in [6.45, 7) is 5.96. The zero-order valence-electron chi connectivity index (χ0n) is 19.6. The fraction of sp³-hybridized carbons (Fsp3) is 0.107. The fourth-order valence-corrected chi connectivity index (χ4v) is 3.71. The number of rotatable bonds is 5. The van der Waals surface area contributed by atoms with E-state index >= 15 is 0 Å². The second-order valence-electron chi connectivity index (χ2n) is 8.22. The van der Waals surface area contributed by atoms with Gasteiger partial charge in [-0.3, -0.25) is 14.9 Å². The van der Waals surface area contributed by atoms with Gasteiger partial charge in [0.05, 0.1) is 0 Å². The first kappa shape index (κ1) is 23.9. The van der Waals surface area contributed by atoms with E-state index in [4.69, 9.17) is 16.6 Å². The van der Waals surface area contributed by atoms with Gasteiger partial charge in [-0.1, -0.05) is 30.3 Å². The van der Waals surface area contributed by atoms with Crippen LogP contribution in [0.1, 0.15) is 37.6 Å². The van der Waals surface area contributed by atoms with Gasteiger partial charge in [-0.2, -0.15) is 0 Å². The van der Waals surface area contributed by atoms with Gasteiger partial charge in [0.2, 0.25) is 0 Å². The molecule has 0 aliphatic carbocycles. The minimum absolute atomic E-state index is 0.139. The van der Waals surface area contributed by atoms with Gasteiger partial charge in [0.15, 0.2) is 10.9 Å². The molecule has 35 heavy (non-hydrogen) atoms. The fourth-order valence-electron chi connectivity index (χ4n) is 3.50. The third-order valence-corrected chi connectivity index (χ3v) is 5.82. The minimum Gasteiger partial charge on any atom is -0.451 e. The van der Waals surface area contributed by atoms with Crippen LogP contribution in [0.3, 0.4) is 0 Å². The van der Waals surface area contributed by atoms with E-state index in [1.807, 2.05) is 63.2 Å². The minimum atomic E-state index is -0.443. The van der Waals surface area contributed by atoms with Crippen molar-refractivity contribution >= 4 is 40.5 Å². The summed E-state index contributed by atoms with van der Waals surface area (Å²) in [4.78, 5) is 25.0. The van der Waals surface area contributed by atoms with Crippen LogP contribution in [0.2, 0.25) is 0 Å². The molecular formula is C28H25N3O3S. The van der Waals surface area contributed by atoms with Crippen molar-refractivity contribution in [3.63, 3.8) is 0 Å². The van der Waals surface area contributed by atoms with E-state index in [0.29, 0.717) is 22.7 Å². The van der Waals surface area contributed by atoms with Crippen LogP contribution in [0.25, 0.3) is 11.3 Å². The topological polar surface area (TPSA) is 83.4 Å². The summed E-state index contributed by atoms with van der Waals surface area (Å²) in [6, 6.07) is 23.8. The van der Waals surface area contributed by atoms with Crippen LogP contribution in [0.5, 0.6) is 0 Å². The molecule has 0 aliphatic heterocycles. The molecule has 2 amide bonds. The van der Waals surface area contributed by atoms with Crippen molar-refractivity contribution in [2.24, 2.45) is 0 Å². The predicted octanol–water partition coefficient (Wildman–Crippen LogP) is 6.25. The van der Waals surface area contributed by atoms with Crippen molar-refractivity contribution in [3.8, 4) is 11.3 Å². The number of aryl methyl sites for hydroxylation is 3. The van der Waals surface area contributed by atoms with Crippen molar-refractivity contribution in [1.82, 2.24) is 5.32 Å². The van der Waals surface area contributed by atoms with Gasteiger partial charge in [0.25, 0.3) is 11.8 Å². The zero-order valence-corrected chi connectivity index (χ0v) is 20.5. The van der Waals surface area contributed by atoms with E-state index in [9.17, 15) is 9.59 Å². The Hall–Kier alpha value is -4.23. The Bertz CT molecular complexity index is 1410. The van der Waals surface area contributed by atoms with Crippen LogP contribution >= 0.6 is 12.2 Å². The van der Waals surface area contributed by atoms with E-state index < -0.39 is 5.91 Å². The first-order valence-electron chi connectivity index (χ1n) is 11.1. The van der Waals surface area contributed by atoms with Crippen molar-refractivity contribution in [3.05, 3.63) is 107 Å². The number of furan rings is 1. The SMILES string of the molecule is Cc1ccc(-c2ccc(C(=O)NC(=S)Nc3ccc(NC(=O)c4ccccc4)c(C)c3)o2)cc1C. The van der Waals surface area contributed by atoms with Crippen molar-refractivity contribution in [2.75, 3.05) is 10.6 Å². The molecule has 3 N–H and O–H groups in total. The van der Waals surface area contributed by atoms with Gasteiger partial charge in [0.1, 0.15) is 5.76 Å². The Balaban J connectivity index is 1.36. The molecule has 4 rings (SSSR count). The summed E-state index contributed by atoms with van der Waals surface area (Å²) >= 11 is 5.30. The Labute approximate surface area is 209 Å². The summed E-state index contributed by atoms with van der Waals surface area (Å²) in [5, 5.41) is 8.67. The standard InChI is InChI=1S/C28H25N3O3S/c1-17-9-10-21(15-18(17)2)24-13-14-25(34-24)27(33)31-28(35)29-22-11-12-23(19(3)16-22)30-26(32)20-7-5-4-6-8-20/h4-16H,1-3H3,(H,30,32)(H2,29,31,33,35). The van der Waals surface area contributed by atoms with Crippen LogP contribution in [-0.2, 0) is 0 Å². The van der Waals surface area contributed by atoms with Crippen molar-refractivity contribution < 1.29 is 14.0 Å². The lowest BCUT2D eigenvalue weighted by molar-refractivity contribution is 0.0950. The highest BCUT2D eigenvalue weighted by molar-refractivity contribution is 7.80. The van der Waals surface area contributed by atoms with E-state index in [0.717, 1.165) is 16.7 Å². The zero-order chi connectivity index (χ0) is 24.9. The van der Waals surface area contributed by atoms with E-state index in [2.05, 4.69) is 16.0 Å². The lowest BCUT2D eigenvalue weighted by Gasteiger charge is -2.12. The maximum atomic E-state index is 12.6. The number of thiocarbonyl (C=S) groups is 1. The van der Waals surface area contributed by atoms with E-state index in [-0.39, 0.29) is 16.8 Å². The molecule has 0 spiro atoms. The quantitative estimate of drug-likeness (QED) is 0.292. The third-order valence-electron chi connectivity index (χ3n) is 5.62.